The minimum atomic E-state index is -0.261. The number of thioether (sulfide) groups is 1. The minimum Gasteiger partial charge on any atom is -0.497 e. The van der Waals surface area contributed by atoms with Crippen LogP contribution >= 0.6 is 39.3 Å². The van der Waals surface area contributed by atoms with Crippen molar-refractivity contribution in [1.82, 2.24) is 5.01 Å². The number of aliphatic imine (C=N–C) groups is 1. The van der Waals surface area contributed by atoms with Gasteiger partial charge in [0.15, 0.2) is 5.17 Å². The van der Waals surface area contributed by atoms with Crippen LogP contribution < -0.4 is 4.74 Å². The number of amides is 1. The van der Waals surface area contributed by atoms with Gasteiger partial charge in [-0.1, -0.05) is 51.8 Å². The highest BCUT2D eigenvalue weighted by Crippen LogP contribution is 2.40. The number of benzene rings is 3. The Morgan fingerprint density at radius 1 is 1.12 bits per heavy atom. The molecule has 0 aromatic heterocycles. The van der Waals surface area contributed by atoms with Crippen LogP contribution in [0.4, 0.5) is 0 Å². The standard InChI is InChI=1S/C26H19BrClN3O2S/c1-33-21-11-7-17(8-12-21)22-15-23(18-5-9-20(28)10-6-18)31(30-22)26-29-25(32)24(34-26)14-16-3-2-4-19(27)13-16/h2-14,23H,15H2,1H3/b24-14-. The molecule has 0 saturated heterocycles. The highest BCUT2D eigenvalue weighted by atomic mass is 79.9. The normalized spacial score (nSPS) is 18.9. The number of methoxy groups -OCH3 is 1. The van der Waals surface area contributed by atoms with Crippen LogP contribution in [0.2, 0.25) is 5.02 Å². The predicted octanol–water partition coefficient (Wildman–Crippen LogP) is 6.93. The summed E-state index contributed by atoms with van der Waals surface area (Å²) >= 11 is 10.9. The van der Waals surface area contributed by atoms with Gasteiger partial charge in [-0.2, -0.15) is 10.1 Å². The molecule has 1 atom stereocenters. The number of carbonyl (C=O) groups is 1. The van der Waals surface area contributed by atoms with Crippen molar-refractivity contribution in [2.45, 2.75) is 12.5 Å². The first-order valence-electron chi connectivity index (χ1n) is 10.5. The lowest BCUT2D eigenvalue weighted by atomic mass is 9.98. The summed E-state index contributed by atoms with van der Waals surface area (Å²) in [5, 5.41) is 8.00. The molecule has 170 valence electrons. The van der Waals surface area contributed by atoms with E-state index in [1.807, 2.05) is 83.9 Å². The second kappa shape index (κ2) is 9.78. The van der Waals surface area contributed by atoms with Gasteiger partial charge in [0.2, 0.25) is 0 Å². The number of ether oxygens (including phenoxy) is 1. The molecule has 1 amide bonds. The van der Waals surface area contributed by atoms with E-state index in [4.69, 9.17) is 21.4 Å². The van der Waals surface area contributed by atoms with Gasteiger partial charge in [0.25, 0.3) is 5.91 Å². The van der Waals surface area contributed by atoms with E-state index in [2.05, 4.69) is 20.9 Å². The molecular formula is C26H19BrClN3O2S. The molecule has 2 aliphatic heterocycles. The number of carbonyl (C=O) groups excluding carboxylic acids is 1. The summed E-state index contributed by atoms with van der Waals surface area (Å²) in [6, 6.07) is 23.3. The van der Waals surface area contributed by atoms with E-state index in [9.17, 15) is 4.79 Å². The van der Waals surface area contributed by atoms with Gasteiger partial charge in [0.1, 0.15) is 5.75 Å². The third kappa shape index (κ3) is 4.82. The number of nitrogens with zero attached hydrogens (tertiary/aromatic N) is 3. The van der Waals surface area contributed by atoms with Gasteiger partial charge >= 0.3 is 0 Å². The van der Waals surface area contributed by atoms with E-state index in [0.717, 1.165) is 32.6 Å². The number of hydrogen-bond donors (Lipinski definition) is 0. The van der Waals surface area contributed by atoms with E-state index in [1.165, 1.54) is 11.8 Å². The van der Waals surface area contributed by atoms with Crippen LogP contribution in [0.15, 0.2) is 92.3 Å². The summed E-state index contributed by atoms with van der Waals surface area (Å²) in [6.07, 6.45) is 2.53. The topological polar surface area (TPSA) is 54.3 Å². The third-order valence-corrected chi connectivity index (χ3v) is 7.26. The Morgan fingerprint density at radius 3 is 2.59 bits per heavy atom. The molecule has 3 aromatic carbocycles. The predicted molar refractivity (Wildman–Crippen MR) is 142 cm³/mol. The lowest BCUT2D eigenvalue weighted by Crippen LogP contribution is -2.23. The lowest BCUT2D eigenvalue weighted by molar-refractivity contribution is -0.113. The zero-order valence-corrected chi connectivity index (χ0v) is 21.3. The first kappa shape index (κ1) is 22.9. The summed E-state index contributed by atoms with van der Waals surface area (Å²) in [7, 11) is 1.64. The van der Waals surface area contributed by atoms with Crippen molar-refractivity contribution in [3.05, 3.63) is 104 Å². The Labute approximate surface area is 215 Å². The molecule has 0 saturated carbocycles. The molecule has 2 heterocycles. The van der Waals surface area contributed by atoms with E-state index in [1.54, 1.807) is 7.11 Å². The molecule has 8 heteroatoms. The summed E-state index contributed by atoms with van der Waals surface area (Å²) in [5.74, 6) is 0.528. The van der Waals surface area contributed by atoms with Gasteiger partial charge in [-0.3, -0.25) is 4.79 Å². The van der Waals surface area contributed by atoms with Crippen molar-refractivity contribution in [2.24, 2.45) is 10.1 Å². The number of hydrogen-bond acceptors (Lipinski definition) is 5. The highest BCUT2D eigenvalue weighted by Gasteiger charge is 2.36. The zero-order valence-electron chi connectivity index (χ0n) is 18.1. The Balaban J connectivity index is 1.47. The van der Waals surface area contributed by atoms with Crippen LogP contribution in [0.25, 0.3) is 6.08 Å². The van der Waals surface area contributed by atoms with Gasteiger partial charge in [-0.15, -0.1) is 0 Å². The van der Waals surface area contributed by atoms with Crippen molar-refractivity contribution in [1.29, 1.82) is 0 Å². The maximum Gasteiger partial charge on any atom is 0.286 e. The average molecular weight is 553 g/mol. The van der Waals surface area contributed by atoms with Crippen LogP contribution in [0, 0.1) is 0 Å². The first-order chi connectivity index (χ1) is 16.5. The van der Waals surface area contributed by atoms with Gasteiger partial charge < -0.3 is 4.74 Å². The Bertz CT molecular complexity index is 1340. The average Bonchev–Trinajstić information content (AvgIpc) is 3.44. The molecule has 0 N–H and O–H groups in total. The van der Waals surface area contributed by atoms with Gasteiger partial charge in [0.05, 0.1) is 23.8 Å². The molecule has 0 spiro atoms. The smallest absolute Gasteiger partial charge is 0.286 e. The number of amidine groups is 1. The molecule has 0 radical (unpaired) electrons. The molecule has 5 nitrogen and oxygen atoms in total. The second-order valence-electron chi connectivity index (χ2n) is 7.76. The van der Waals surface area contributed by atoms with Crippen LogP contribution in [0.5, 0.6) is 5.75 Å². The van der Waals surface area contributed by atoms with Crippen LogP contribution in [0.3, 0.4) is 0 Å². The minimum absolute atomic E-state index is 0.0985. The van der Waals surface area contributed by atoms with Crippen LogP contribution in [0.1, 0.15) is 29.2 Å². The number of halogens is 2. The molecule has 34 heavy (non-hydrogen) atoms. The van der Waals surface area contributed by atoms with E-state index >= 15 is 0 Å². The molecule has 1 unspecified atom stereocenters. The molecule has 5 rings (SSSR count). The van der Waals surface area contributed by atoms with Crippen molar-refractivity contribution < 1.29 is 9.53 Å². The zero-order chi connectivity index (χ0) is 23.7. The Hall–Kier alpha value is -2.87. The fraction of sp³-hybridized carbons (Fsp3) is 0.115. The summed E-state index contributed by atoms with van der Waals surface area (Å²) < 4.78 is 6.24. The van der Waals surface area contributed by atoms with Gasteiger partial charge in [0, 0.05) is 15.9 Å². The Morgan fingerprint density at radius 2 is 1.88 bits per heavy atom. The van der Waals surface area contributed by atoms with Crippen molar-refractivity contribution in [3.63, 3.8) is 0 Å². The second-order valence-corrected chi connectivity index (χ2v) is 10.1. The molecule has 0 fully saturated rings. The van der Waals surface area contributed by atoms with E-state index in [-0.39, 0.29) is 11.9 Å². The summed E-state index contributed by atoms with van der Waals surface area (Å²) in [4.78, 5) is 17.7. The molecule has 2 aliphatic rings. The quantitative estimate of drug-likeness (QED) is 0.329. The molecule has 3 aromatic rings. The van der Waals surface area contributed by atoms with Crippen LogP contribution in [-0.4, -0.2) is 28.9 Å². The summed E-state index contributed by atoms with van der Waals surface area (Å²) in [5.41, 5.74) is 3.90. The Kier molecular flexibility index (Phi) is 6.59. The highest BCUT2D eigenvalue weighted by molar-refractivity contribution is 9.10. The van der Waals surface area contributed by atoms with Crippen molar-refractivity contribution in [2.75, 3.05) is 7.11 Å². The molecule has 0 aliphatic carbocycles. The van der Waals surface area contributed by atoms with E-state index < -0.39 is 0 Å². The van der Waals surface area contributed by atoms with Gasteiger partial charge in [-0.25, -0.2) is 5.01 Å². The molecular weight excluding hydrogens is 534 g/mol. The lowest BCUT2D eigenvalue weighted by Gasteiger charge is -2.22. The van der Waals surface area contributed by atoms with Crippen molar-refractivity contribution in [3.8, 4) is 5.75 Å². The van der Waals surface area contributed by atoms with E-state index in [0.29, 0.717) is 21.5 Å². The molecule has 0 bridgehead atoms. The third-order valence-electron chi connectivity index (χ3n) is 5.54. The number of rotatable bonds is 4. The largest absolute Gasteiger partial charge is 0.497 e. The fourth-order valence-corrected chi connectivity index (χ4v) is 5.29. The maximum atomic E-state index is 12.7. The SMILES string of the molecule is COc1ccc(C2=NN(C3=NC(=O)/C(=C/c4cccc(Br)c4)S3)C(c3ccc(Cl)cc3)C2)cc1. The van der Waals surface area contributed by atoms with Gasteiger partial charge in [-0.05, 0) is 83.1 Å². The van der Waals surface area contributed by atoms with Crippen LogP contribution in [-0.2, 0) is 4.79 Å². The maximum absolute atomic E-state index is 12.7. The number of hydrazone groups is 1. The summed E-state index contributed by atoms with van der Waals surface area (Å²) in [6.45, 7) is 0. The first-order valence-corrected chi connectivity index (χ1v) is 12.5. The monoisotopic (exact) mass is 551 g/mol. The van der Waals surface area contributed by atoms with Crippen molar-refractivity contribution >= 4 is 62.2 Å². The fourth-order valence-electron chi connectivity index (χ4n) is 3.83.